The Hall–Kier alpha value is -1.66. The Kier molecular flexibility index (Phi) is 6.14. The molecule has 2 aliphatic rings. The van der Waals surface area contributed by atoms with Crippen molar-refractivity contribution in [1.82, 2.24) is 9.80 Å². The maximum Gasteiger partial charge on any atom is 0.257 e. The van der Waals surface area contributed by atoms with Crippen LogP contribution in [0.2, 0.25) is 5.02 Å². The maximum absolute atomic E-state index is 14.0. The normalized spacial score (nSPS) is 21.7. The zero-order valence-corrected chi connectivity index (χ0v) is 15.7. The van der Waals surface area contributed by atoms with Gasteiger partial charge in [-0.25, -0.2) is 4.39 Å². The van der Waals surface area contributed by atoms with Gasteiger partial charge in [0, 0.05) is 49.8 Å². The van der Waals surface area contributed by atoms with Crippen LogP contribution < -0.4 is 0 Å². The minimum atomic E-state index is -0.576. The quantitative estimate of drug-likeness (QED) is 0.807. The van der Waals surface area contributed by atoms with Crippen molar-refractivity contribution in [1.29, 1.82) is 0 Å². The monoisotopic (exact) mass is 382 g/mol. The van der Waals surface area contributed by atoms with E-state index in [9.17, 15) is 14.0 Å². The van der Waals surface area contributed by atoms with Crippen molar-refractivity contribution in [3.8, 4) is 0 Å². The van der Waals surface area contributed by atoms with E-state index in [0.29, 0.717) is 37.9 Å². The first kappa shape index (κ1) is 19.1. The summed E-state index contributed by atoms with van der Waals surface area (Å²) < 4.78 is 19.4. The van der Waals surface area contributed by atoms with Gasteiger partial charge < -0.3 is 14.5 Å². The number of ether oxygens (including phenoxy) is 1. The highest BCUT2D eigenvalue weighted by Crippen LogP contribution is 2.24. The van der Waals surface area contributed by atoms with Crippen LogP contribution in [0.15, 0.2) is 18.2 Å². The molecule has 2 aliphatic heterocycles. The first-order valence-electron chi connectivity index (χ1n) is 9.13. The summed E-state index contributed by atoms with van der Waals surface area (Å²) in [6.45, 7) is 4.54. The van der Waals surface area contributed by atoms with E-state index in [1.807, 2.05) is 11.8 Å². The van der Waals surface area contributed by atoms with Gasteiger partial charge >= 0.3 is 0 Å². The van der Waals surface area contributed by atoms with Gasteiger partial charge in [-0.3, -0.25) is 9.59 Å². The maximum atomic E-state index is 14.0. The summed E-state index contributed by atoms with van der Waals surface area (Å²) in [7, 11) is 0. The second-order valence-corrected chi connectivity index (χ2v) is 7.29. The molecule has 0 N–H and O–H groups in total. The number of halogens is 2. The number of benzene rings is 1. The van der Waals surface area contributed by atoms with Crippen LogP contribution in [-0.4, -0.2) is 60.5 Å². The summed E-state index contributed by atoms with van der Waals surface area (Å²) >= 11 is 5.91. The number of piperazine rings is 1. The Morgan fingerprint density at radius 2 is 2.00 bits per heavy atom. The minimum absolute atomic E-state index is 0.00502. The molecule has 1 aromatic carbocycles. The molecule has 1 unspecified atom stereocenters. The average Bonchev–Trinajstić information content (AvgIpc) is 2.69. The topological polar surface area (TPSA) is 49.9 Å². The van der Waals surface area contributed by atoms with Gasteiger partial charge in [-0.15, -0.1) is 0 Å². The number of carbonyl (C=O) groups excluding carboxylic acids is 2. The molecule has 0 radical (unpaired) electrons. The van der Waals surface area contributed by atoms with E-state index in [4.69, 9.17) is 16.3 Å². The molecular weight excluding hydrogens is 359 g/mol. The lowest BCUT2D eigenvalue weighted by Gasteiger charge is -2.43. The predicted molar refractivity (Wildman–Crippen MR) is 96.6 cm³/mol. The molecule has 2 fully saturated rings. The molecule has 2 amide bonds. The molecule has 2 heterocycles. The van der Waals surface area contributed by atoms with Gasteiger partial charge in [0.2, 0.25) is 5.91 Å². The molecule has 7 heteroatoms. The van der Waals surface area contributed by atoms with E-state index in [1.165, 1.54) is 18.2 Å². The molecule has 0 saturated carbocycles. The van der Waals surface area contributed by atoms with Crippen LogP contribution in [0.5, 0.6) is 0 Å². The number of carbonyl (C=O) groups is 2. The summed E-state index contributed by atoms with van der Waals surface area (Å²) in [5, 5.41) is 0.329. The summed E-state index contributed by atoms with van der Waals surface area (Å²) in [6.07, 6.45) is 2.25. The van der Waals surface area contributed by atoms with Gasteiger partial charge in [-0.1, -0.05) is 18.5 Å². The van der Waals surface area contributed by atoms with Gasteiger partial charge in [0.25, 0.3) is 5.91 Å². The van der Waals surface area contributed by atoms with Crippen LogP contribution in [0, 0.1) is 11.7 Å². The molecule has 0 bridgehead atoms. The molecule has 142 valence electrons. The number of nitrogens with zero attached hydrogens (tertiary/aromatic N) is 2. The van der Waals surface area contributed by atoms with Crippen LogP contribution in [0.4, 0.5) is 4.39 Å². The number of hydrogen-bond acceptors (Lipinski definition) is 3. The standard InChI is InChI=1S/C19H24ClFN2O3/c1-2-15-12-22(19(25)16-11-14(20)3-4-17(16)21)7-8-23(15)18(24)13-5-9-26-10-6-13/h3-4,11,13,15H,2,5-10,12H2,1H3. The largest absolute Gasteiger partial charge is 0.381 e. The third-order valence-corrected chi connectivity index (χ3v) is 5.49. The molecule has 26 heavy (non-hydrogen) atoms. The highest BCUT2D eigenvalue weighted by atomic mass is 35.5. The van der Waals surface area contributed by atoms with Crippen molar-refractivity contribution in [2.45, 2.75) is 32.2 Å². The zero-order valence-electron chi connectivity index (χ0n) is 14.9. The second kappa shape index (κ2) is 8.35. The molecular formula is C19H24ClFN2O3. The molecule has 0 spiro atoms. The van der Waals surface area contributed by atoms with Crippen molar-refractivity contribution in [2.75, 3.05) is 32.8 Å². The van der Waals surface area contributed by atoms with Gasteiger partial charge in [0.05, 0.1) is 5.56 Å². The van der Waals surface area contributed by atoms with Crippen LogP contribution in [0.25, 0.3) is 0 Å². The Labute approximate surface area is 158 Å². The van der Waals surface area contributed by atoms with E-state index < -0.39 is 5.82 Å². The lowest BCUT2D eigenvalue weighted by atomic mass is 9.96. The summed E-state index contributed by atoms with van der Waals surface area (Å²) in [5.41, 5.74) is -0.0171. The van der Waals surface area contributed by atoms with Gasteiger partial charge in [0.1, 0.15) is 5.82 Å². The molecule has 0 aliphatic carbocycles. The Morgan fingerprint density at radius 1 is 1.27 bits per heavy atom. The molecule has 3 rings (SSSR count). The van der Waals surface area contributed by atoms with E-state index in [2.05, 4.69) is 0 Å². The Morgan fingerprint density at radius 3 is 2.69 bits per heavy atom. The van der Waals surface area contributed by atoms with Crippen molar-refractivity contribution in [3.05, 3.63) is 34.6 Å². The highest BCUT2D eigenvalue weighted by Gasteiger charge is 2.35. The average molecular weight is 383 g/mol. The lowest BCUT2D eigenvalue weighted by Crippen LogP contribution is -2.57. The first-order valence-corrected chi connectivity index (χ1v) is 9.51. The van der Waals surface area contributed by atoms with E-state index >= 15 is 0 Å². The summed E-state index contributed by atoms with van der Waals surface area (Å²) in [6, 6.07) is 3.94. The van der Waals surface area contributed by atoms with Crippen molar-refractivity contribution in [2.24, 2.45) is 5.92 Å². The molecule has 2 saturated heterocycles. The Bertz CT molecular complexity index is 679. The predicted octanol–water partition coefficient (Wildman–Crippen LogP) is 2.97. The smallest absolute Gasteiger partial charge is 0.257 e. The van der Waals surface area contributed by atoms with Crippen LogP contribution in [0.3, 0.4) is 0 Å². The molecule has 1 atom stereocenters. The fourth-order valence-electron chi connectivity index (χ4n) is 3.69. The van der Waals surface area contributed by atoms with E-state index in [-0.39, 0.29) is 29.3 Å². The fourth-order valence-corrected chi connectivity index (χ4v) is 3.86. The number of rotatable bonds is 3. The Balaban J connectivity index is 1.70. The van der Waals surface area contributed by atoms with Gasteiger partial charge in [-0.2, -0.15) is 0 Å². The molecule has 1 aromatic rings. The van der Waals surface area contributed by atoms with E-state index in [0.717, 1.165) is 19.3 Å². The molecule has 5 nitrogen and oxygen atoms in total. The number of hydrogen-bond donors (Lipinski definition) is 0. The third-order valence-electron chi connectivity index (χ3n) is 5.25. The first-order chi connectivity index (χ1) is 12.5. The van der Waals surface area contributed by atoms with Crippen molar-refractivity contribution >= 4 is 23.4 Å². The summed E-state index contributed by atoms with van der Waals surface area (Å²) in [4.78, 5) is 29.1. The van der Waals surface area contributed by atoms with Crippen LogP contribution in [-0.2, 0) is 9.53 Å². The highest BCUT2D eigenvalue weighted by molar-refractivity contribution is 6.31. The van der Waals surface area contributed by atoms with Gasteiger partial charge in [0.15, 0.2) is 0 Å². The van der Waals surface area contributed by atoms with E-state index in [1.54, 1.807) is 4.90 Å². The van der Waals surface area contributed by atoms with Crippen molar-refractivity contribution < 1.29 is 18.7 Å². The SMILES string of the molecule is CCC1CN(C(=O)c2cc(Cl)ccc2F)CCN1C(=O)C1CCOCC1. The third kappa shape index (κ3) is 4.01. The second-order valence-electron chi connectivity index (χ2n) is 6.86. The van der Waals surface area contributed by atoms with Crippen LogP contribution >= 0.6 is 11.6 Å². The lowest BCUT2D eigenvalue weighted by molar-refractivity contribution is -0.143. The van der Waals surface area contributed by atoms with Crippen LogP contribution in [0.1, 0.15) is 36.5 Å². The van der Waals surface area contributed by atoms with Gasteiger partial charge in [-0.05, 0) is 37.5 Å². The minimum Gasteiger partial charge on any atom is -0.381 e. The number of amides is 2. The fraction of sp³-hybridized carbons (Fsp3) is 0.579. The zero-order chi connectivity index (χ0) is 18.7. The van der Waals surface area contributed by atoms with Crippen molar-refractivity contribution in [3.63, 3.8) is 0 Å². The molecule has 0 aromatic heterocycles. The summed E-state index contributed by atoms with van der Waals surface area (Å²) in [5.74, 6) is -0.790.